The zero-order chi connectivity index (χ0) is 14.0. The Balaban J connectivity index is 2.43. The van der Waals surface area contributed by atoms with Crippen molar-refractivity contribution in [2.75, 3.05) is 7.11 Å². The maximum Gasteiger partial charge on any atom is 0.119 e. The van der Waals surface area contributed by atoms with Crippen molar-refractivity contribution < 1.29 is 9.84 Å². The Hall–Kier alpha value is -1.94. The summed E-state index contributed by atoms with van der Waals surface area (Å²) in [5, 5.41) is 18.6. The van der Waals surface area contributed by atoms with Gasteiger partial charge in [-0.2, -0.15) is 10.2 Å². The van der Waals surface area contributed by atoms with Gasteiger partial charge in [-0.1, -0.05) is 6.07 Å². The van der Waals surface area contributed by atoms with E-state index in [1.807, 2.05) is 45.0 Å². The number of hydrogen-bond acceptors (Lipinski definition) is 4. The Morgan fingerprint density at radius 2 is 1.79 bits per heavy atom. The molecule has 0 aliphatic heterocycles. The number of nitrogens with zero attached hydrogens (tertiary/aromatic N) is 2. The molecule has 4 heteroatoms. The standard InChI is InChI=1S/C15H18N2O2/c1-9-7-12(19-4)5-6-13(9)15(18)14-8-10(2)16-17-11(14)3/h5-8,15,18H,1-4H3. The van der Waals surface area contributed by atoms with E-state index in [-0.39, 0.29) is 0 Å². The van der Waals surface area contributed by atoms with Gasteiger partial charge in [0.25, 0.3) is 0 Å². The van der Waals surface area contributed by atoms with Crippen LogP contribution in [0, 0.1) is 20.8 Å². The van der Waals surface area contributed by atoms with Gasteiger partial charge in [-0.3, -0.25) is 0 Å². The summed E-state index contributed by atoms with van der Waals surface area (Å²) in [6.45, 7) is 5.67. The van der Waals surface area contributed by atoms with Crippen molar-refractivity contribution in [3.05, 3.63) is 52.3 Å². The van der Waals surface area contributed by atoms with Gasteiger partial charge >= 0.3 is 0 Å². The molecule has 4 nitrogen and oxygen atoms in total. The number of ether oxygens (including phenoxy) is 1. The van der Waals surface area contributed by atoms with Crippen LogP contribution >= 0.6 is 0 Å². The SMILES string of the molecule is COc1ccc(C(O)c2cc(C)nnc2C)c(C)c1. The molecule has 0 aliphatic carbocycles. The van der Waals surface area contributed by atoms with Crippen LogP contribution in [-0.2, 0) is 0 Å². The van der Waals surface area contributed by atoms with Crippen molar-refractivity contribution in [3.8, 4) is 5.75 Å². The molecule has 0 spiro atoms. The Morgan fingerprint density at radius 3 is 2.42 bits per heavy atom. The van der Waals surface area contributed by atoms with E-state index in [1.54, 1.807) is 7.11 Å². The van der Waals surface area contributed by atoms with Crippen molar-refractivity contribution in [1.29, 1.82) is 0 Å². The van der Waals surface area contributed by atoms with Gasteiger partial charge in [0.1, 0.15) is 11.9 Å². The number of aliphatic hydroxyl groups is 1. The first-order valence-corrected chi connectivity index (χ1v) is 6.16. The fraction of sp³-hybridized carbons (Fsp3) is 0.333. The van der Waals surface area contributed by atoms with Gasteiger partial charge < -0.3 is 9.84 Å². The van der Waals surface area contributed by atoms with E-state index in [2.05, 4.69) is 10.2 Å². The average Bonchev–Trinajstić information content (AvgIpc) is 2.40. The van der Waals surface area contributed by atoms with Gasteiger partial charge in [0.2, 0.25) is 0 Å². The van der Waals surface area contributed by atoms with Crippen LogP contribution in [0.15, 0.2) is 24.3 Å². The molecule has 0 saturated carbocycles. The minimum Gasteiger partial charge on any atom is -0.497 e. The lowest BCUT2D eigenvalue weighted by Gasteiger charge is -2.16. The molecule has 100 valence electrons. The van der Waals surface area contributed by atoms with Crippen LogP contribution in [0.5, 0.6) is 5.75 Å². The van der Waals surface area contributed by atoms with Crippen LogP contribution in [0.3, 0.4) is 0 Å². The Kier molecular flexibility index (Phi) is 3.81. The third-order valence-electron chi connectivity index (χ3n) is 3.21. The molecule has 2 aromatic rings. The van der Waals surface area contributed by atoms with Gasteiger partial charge in [-0.05, 0) is 50.1 Å². The number of benzene rings is 1. The summed E-state index contributed by atoms with van der Waals surface area (Å²) in [4.78, 5) is 0. The minimum absolute atomic E-state index is 0.694. The quantitative estimate of drug-likeness (QED) is 0.919. The predicted octanol–water partition coefficient (Wildman–Crippen LogP) is 2.49. The second-order valence-corrected chi connectivity index (χ2v) is 4.65. The van der Waals surface area contributed by atoms with Crippen molar-refractivity contribution in [3.63, 3.8) is 0 Å². The second-order valence-electron chi connectivity index (χ2n) is 4.65. The average molecular weight is 258 g/mol. The number of methoxy groups -OCH3 is 1. The maximum atomic E-state index is 10.5. The lowest BCUT2D eigenvalue weighted by molar-refractivity contribution is 0.217. The molecule has 0 fully saturated rings. The fourth-order valence-electron chi connectivity index (χ4n) is 2.10. The third-order valence-corrected chi connectivity index (χ3v) is 3.21. The minimum atomic E-state index is -0.694. The molecule has 1 aromatic heterocycles. The molecule has 0 aliphatic rings. The zero-order valence-electron chi connectivity index (χ0n) is 11.6. The van der Waals surface area contributed by atoms with E-state index in [9.17, 15) is 5.11 Å². The molecule has 1 heterocycles. The van der Waals surface area contributed by atoms with Crippen molar-refractivity contribution in [2.24, 2.45) is 0 Å². The second kappa shape index (κ2) is 5.36. The Bertz CT molecular complexity index is 597. The number of aryl methyl sites for hydroxylation is 3. The highest BCUT2D eigenvalue weighted by Gasteiger charge is 2.16. The predicted molar refractivity (Wildman–Crippen MR) is 73.3 cm³/mol. The molecule has 0 bridgehead atoms. The van der Waals surface area contributed by atoms with Gasteiger partial charge in [0.05, 0.1) is 18.5 Å². The first kappa shape index (κ1) is 13.5. The van der Waals surface area contributed by atoms with E-state index < -0.39 is 6.10 Å². The van der Waals surface area contributed by atoms with E-state index >= 15 is 0 Å². The first-order valence-electron chi connectivity index (χ1n) is 6.16. The van der Waals surface area contributed by atoms with Gasteiger partial charge in [-0.25, -0.2) is 0 Å². The molecular formula is C15H18N2O2. The molecule has 1 atom stereocenters. The normalized spacial score (nSPS) is 12.3. The molecule has 1 unspecified atom stereocenters. The van der Waals surface area contributed by atoms with E-state index in [1.165, 1.54) is 0 Å². The summed E-state index contributed by atoms with van der Waals surface area (Å²) in [7, 11) is 1.63. The van der Waals surface area contributed by atoms with Crippen molar-refractivity contribution >= 4 is 0 Å². The summed E-state index contributed by atoms with van der Waals surface area (Å²) in [6, 6.07) is 7.52. The van der Waals surface area contributed by atoms with Gasteiger partial charge in [0, 0.05) is 5.56 Å². The van der Waals surface area contributed by atoms with Gasteiger partial charge in [-0.15, -0.1) is 0 Å². The highest BCUT2D eigenvalue weighted by atomic mass is 16.5. The molecular weight excluding hydrogens is 240 g/mol. The van der Waals surface area contributed by atoms with Crippen LogP contribution in [0.25, 0.3) is 0 Å². The molecule has 19 heavy (non-hydrogen) atoms. The number of rotatable bonds is 3. The highest BCUT2D eigenvalue weighted by Crippen LogP contribution is 2.28. The van der Waals surface area contributed by atoms with Crippen LogP contribution in [-0.4, -0.2) is 22.4 Å². The summed E-state index contributed by atoms with van der Waals surface area (Å²) < 4.78 is 5.17. The summed E-state index contributed by atoms with van der Waals surface area (Å²) in [5.74, 6) is 0.786. The molecule has 1 N–H and O–H groups in total. The van der Waals surface area contributed by atoms with Crippen molar-refractivity contribution in [1.82, 2.24) is 10.2 Å². The van der Waals surface area contributed by atoms with E-state index in [4.69, 9.17) is 4.74 Å². The van der Waals surface area contributed by atoms with Crippen LogP contribution in [0.2, 0.25) is 0 Å². The number of aliphatic hydroxyl groups excluding tert-OH is 1. The lowest BCUT2D eigenvalue weighted by Crippen LogP contribution is -2.07. The van der Waals surface area contributed by atoms with Crippen molar-refractivity contribution in [2.45, 2.75) is 26.9 Å². The first-order chi connectivity index (χ1) is 9.02. The van der Waals surface area contributed by atoms with Crippen LogP contribution in [0.1, 0.15) is 34.2 Å². The topological polar surface area (TPSA) is 55.2 Å². The van der Waals surface area contributed by atoms with Gasteiger partial charge in [0.15, 0.2) is 0 Å². The lowest BCUT2D eigenvalue weighted by atomic mass is 9.96. The number of aromatic nitrogens is 2. The highest BCUT2D eigenvalue weighted by molar-refractivity contribution is 5.40. The summed E-state index contributed by atoms with van der Waals surface area (Å²) in [6.07, 6.45) is -0.694. The molecule has 0 amide bonds. The largest absolute Gasteiger partial charge is 0.497 e. The molecule has 2 rings (SSSR count). The fourth-order valence-corrected chi connectivity index (χ4v) is 2.10. The smallest absolute Gasteiger partial charge is 0.119 e. The third kappa shape index (κ3) is 2.74. The summed E-state index contributed by atoms with van der Waals surface area (Å²) >= 11 is 0. The maximum absolute atomic E-state index is 10.5. The molecule has 1 aromatic carbocycles. The van der Waals surface area contributed by atoms with Crippen LogP contribution < -0.4 is 4.74 Å². The summed E-state index contributed by atoms with van der Waals surface area (Å²) in [5.41, 5.74) is 4.18. The Morgan fingerprint density at radius 1 is 1.05 bits per heavy atom. The number of hydrogen-bond donors (Lipinski definition) is 1. The Labute approximate surface area is 113 Å². The monoisotopic (exact) mass is 258 g/mol. The molecule has 0 saturated heterocycles. The molecule has 0 radical (unpaired) electrons. The van der Waals surface area contributed by atoms with Crippen LogP contribution in [0.4, 0.5) is 0 Å². The zero-order valence-corrected chi connectivity index (χ0v) is 11.6. The van der Waals surface area contributed by atoms with E-state index in [0.29, 0.717) is 0 Å². The van der Waals surface area contributed by atoms with E-state index in [0.717, 1.165) is 33.8 Å².